The third kappa shape index (κ3) is 4.37. The van der Waals surface area contributed by atoms with Crippen LogP contribution in [0.5, 0.6) is 0 Å². The Bertz CT molecular complexity index is 462. The van der Waals surface area contributed by atoms with Crippen molar-refractivity contribution in [2.24, 2.45) is 0 Å². The molecule has 0 radical (unpaired) electrons. The second-order valence-corrected chi connectivity index (χ2v) is 6.13. The van der Waals surface area contributed by atoms with Gasteiger partial charge in [-0.3, -0.25) is 4.72 Å². The standard InChI is InChI=1S/C9H10Cl3NO2S/c10-4-1-5-16(14,15)13-7-2-3-8(11)9(12)6-7/h2-3,6,13H,1,4-5H2. The Morgan fingerprint density at radius 2 is 1.88 bits per heavy atom. The fourth-order valence-electron chi connectivity index (χ4n) is 1.03. The molecule has 0 aliphatic rings. The first kappa shape index (κ1) is 13.9. The van der Waals surface area contributed by atoms with E-state index in [-0.39, 0.29) is 5.75 Å². The van der Waals surface area contributed by atoms with Gasteiger partial charge in [-0.25, -0.2) is 8.42 Å². The predicted octanol–water partition coefficient (Wildman–Crippen LogP) is 3.36. The van der Waals surface area contributed by atoms with Crippen molar-refractivity contribution in [3.63, 3.8) is 0 Å². The van der Waals surface area contributed by atoms with Crippen molar-refractivity contribution in [1.82, 2.24) is 0 Å². The van der Waals surface area contributed by atoms with Crippen molar-refractivity contribution < 1.29 is 8.42 Å². The Kier molecular flexibility index (Phi) is 5.18. The molecule has 0 saturated heterocycles. The molecule has 1 aromatic rings. The summed E-state index contributed by atoms with van der Waals surface area (Å²) in [6, 6.07) is 4.54. The second-order valence-electron chi connectivity index (χ2n) is 3.09. The summed E-state index contributed by atoms with van der Waals surface area (Å²) in [5, 5.41) is 0.685. The second kappa shape index (κ2) is 5.96. The summed E-state index contributed by atoms with van der Waals surface area (Å²) < 4.78 is 25.4. The highest BCUT2D eigenvalue weighted by molar-refractivity contribution is 7.92. The van der Waals surface area contributed by atoms with Gasteiger partial charge < -0.3 is 0 Å². The van der Waals surface area contributed by atoms with E-state index in [1.165, 1.54) is 12.1 Å². The van der Waals surface area contributed by atoms with Crippen LogP contribution in [0.15, 0.2) is 18.2 Å². The van der Waals surface area contributed by atoms with Gasteiger partial charge in [0.15, 0.2) is 0 Å². The zero-order valence-corrected chi connectivity index (χ0v) is 11.3. The van der Waals surface area contributed by atoms with Crippen molar-refractivity contribution >= 4 is 50.5 Å². The molecule has 0 heterocycles. The number of hydrogen-bond donors (Lipinski definition) is 1. The van der Waals surface area contributed by atoms with Crippen LogP contribution in [0.1, 0.15) is 6.42 Å². The summed E-state index contributed by atoms with van der Waals surface area (Å²) in [4.78, 5) is 0. The third-order valence-electron chi connectivity index (χ3n) is 1.74. The molecule has 0 fully saturated rings. The zero-order chi connectivity index (χ0) is 12.2. The average Bonchev–Trinajstić information content (AvgIpc) is 2.20. The molecule has 3 nitrogen and oxygen atoms in total. The van der Waals surface area contributed by atoms with Crippen LogP contribution in [0.2, 0.25) is 10.0 Å². The maximum Gasteiger partial charge on any atom is 0.232 e. The Labute approximate surface area is 110 Å². The van der Waals surface area contributed by atoms with E-state index in [2.05, 4.69) is 4.72 Å². The lowest BCUT2D eigenvalue weighted by Crippen LogP contribution is -2.16. The summed E-state index contributed by atoms with van der Waals surface area (Å²) in [6.07, 6.45) is 0.401. The number of sulfonamides is 1. The van der Waals surface area contributed by atoms with Gasteiger partial charge in [0.1, 0.15) is 0 Å². The van der Waals surface area contributed by atoms with E-state index in [1.807, 2.05) is 0 Å². The van der Waals surface area contributed by atoms with Gasteiger partial charge in [-0.15, -0.1) is 11.6 Å². The molecule has 90 valence electrons. The predicted molar refractivity (Wildman–Crippen MR) is 69.2 cm³/mol. The molecule has 1 N–H and O–H groups in total. The SMILES string of the molecule is O=S(=O)(CCCCl)Nc1ccc(Cl)c(Cl)c1. The van der Waals surface area contributed by atoms with Crippen LogP contribution in [0, 0.1) is 0 Å². The summed E-state index contributed by atoms with van der Waals surface area (Å²) in [5.41, 5.74) is 0.393. The fourth-order valence-corrected chi connectivity index (χ4v) is 2.74. The molecule has 0 amide bonds. The third-order valence-corrected chi connectivity index (χ3v) is 4.12. The van der Waals surface area contributed by atoms with Gasteiger partial charge in [0.2, 0.25) is 10.0 Å². The van der Waals surface area contributed by atoms with E-state index in [9.17, 15) is 8.42 Å². The minimum absolute atomic E-state index is 0.0171. The molecular weight excluding hydrogens is 293 g/mol. The first-order valence-corrected chi connectivity index (χ1v) is 7.40. The van der Waals surface area contributed by atoms with Crippen molar-refractivity contribution in [1.29, 1.82) is 0 Å². The Morgan fingerprint density at radius 1 is 1.19 bits per heavy atom. The number of benzene rings is 1. The number of anilines is 1. The number of alkyl halides is 1. The van der Waals surface area contributed by atoms with Crippen LogP contribution >= 0.6 is 34.8 Å². The number of hydrogen-bond acceptors (Lipinski definition) is 2. The van der Waals surface area contributed by atoms with Gasteiger partial charge in [0.25, 0.3) is 0 Å². The highest BCUT2D eigenvalue weighted by Crippen LogP contribution is 2.25. The normalized spacial score (nSPS) is 11.4. The van der Waals surface area contributed by atoms with Crippen molar-refractivity contribution in [2.75, 3.05) is 16.4 Å². The lowest BCUT2D eigenvalue weighted by atomic mass is 10.3. The van der Waals surface area contributed by atoms with Gasteiger partial charge in [-0.05, 0) is 24.6 Å². The summed E-state index contributed by atoms with van der Waals surface area (Å²) >= 11 is 16.9. The van der Waals surface area contributed by atoms with E-state index in [4.69, 9.17) is 34.8 Å². The number of halogens is 3. The molecule has 7 heteroatoms. The minimum Gasteiger partial charge on any atom is -0.284 e. The summed E-state index contributed by atoms with van der Waals surface area (Å²) in [6.45, 7) is 0. The van der Waals surface area contributed by atoms with Gasteiger partial charge in [-0.2, -0.15) is 0 Å². The number of nitrogens with one attached hydrogen (secondary N) is 1. The average molecular weight is 303 g/mol. The van der Waals surface area contributed by atoms with Crippen LogP contribution in [-0.4, -0.2) is 20.1 Å². The van der Waals surface area contributed by atoms with Crippen LogP contribution in [0.3, 0.4) is 0 Å². The first-order chi connectivity index (χ1) is 7.44. The molecule has 0 saturated carbocycles. The Morgan fingerprint density at radius 3 is 2.44 bits per heavy atom. The molecule has 0 atom stereocenters. The lowest BCUT2D eigenvalue weighted by molar-refractivity contribution is 0.600. The summed E-state index contributed by atoms with van der Waals surface area (Å²) in [5.74, 6) is 0.291. The van der Waals surface area contributed by atoms with Crippen LogP contribution < -0.4 is 4.72 Å². The smallest absolute Gasteiger partial charge is 0.232 e. The highest BCUT2D eigenvalue weighted by Gasteiger charge is 2.10. The number of rotatable bonds is 5. The highest BCUT2D eigenvalue weighted by atomic mass is 35.5. The van der Waals surface area contributed by atoms with Crippen LogP contribution in [0.4, 0.5) is 5.69 Å². The van der Waals surface area contributed by atoms with E-state index >= 15 is 0 Å². The van der Waals surface area contributed by atoms with Crippen LogP contribution in [0.25, 0.3) is 0 Å². The largest absolute Gasteiger partial charge is 0.284 e. The molecule has 0 aliphatic carbocycles. The fraction of sp³-hybridized carbons (Fsp3) is 0.333. The molecule has 1 rings (SSSR count). The molecule has 0 bridgehead atoms. The van der Waals surface area contributed by atoms with Gasteiger partial charge >= 0.3 is 0 Å². The molecular formula is C9H10Cl3NO2S. The lowest BCUT2D eigenvalue weighted by Gasteiger charge is -2.07. The van der Waals surface area contributed by atoms with Crippen molar-refractivity contribution in [3.8, 4) is 0 Å². The topological polar surface area (TPSA) is 46.2 Å². The Hall–Kier alpha value is -0.160. The maximum atomic E-state index is 11.5. The first-order valence-electron chi connectivity index (χ1n) is 4.46. The molecule has 0 aliphatic heterocycles. The van der Waals surface area contributed by atoms with Crippen molar-refractivity contribution in [2.45, 2.75) is 6.42 Å². The minimum atomic E-state index is -3.36. The Balaban J connectivity index is 2.76. The molecule has 0 aromatic heterocycles. The van der Waals surface area contributed by atoms with Crippen molar-refractivity contribution in [3.05, 3.63) is 28.2 Å². The molecule has 1 aromatic carbocycles. The van der Waals surface area contributed by atoms with Gasteiger partial charge in [0, 0.05) is 5.88 Å². The van der Waals surface area contributed by atoms with Crippen LogP contribution in [-0.2, 0) is 10.0 Å². The quantitative estimate of drug-likeness (QED) is 0.848. The van der Waals surface area contributed by atoms with Gasteiger partial charge in [0.05, 0.1) is 21.5 Å². The molecule has 16 heavy (non-hydrogen) atoms. The zero-order valence-electron chi connectivity index (χ0n) is 8.21. The van der Waals surface area contributed by atoms with Gasteiger partial charge in [-0.1, -0.05) is 23.2 Å². The van der Waals surface area contributed by atoms with E-state index in [0.717, 1.165) is 0 Å². The maximum absolute atomic E-state index is 11.5. The monoisotopic (exact) mass is 301 g/mol. The van der Waals surface area contributed by atoms with E-state index in [1.54, 1.807) is 6.07 Å². The molecule has 0 spiro atoms. The summed E-state index contributed by atoms with van der Waals surface area (Å²) in [7, 11) is -3.36. The molecule has 0 unspecified atom stereocenters. The van der Waals surface area contributed by atoms with E-state index < -0.39 is 10.0 Å². The van der Waals surface area contributed by atoms with E-state index in [0.29, 0.717) is 28.0 Å².